The molecule has 1 aromatic rings. The monoisotopic (exact) mass is 386 g/mol. The summed E-state index contributed by atoms with van der Waals surface area (Å²) in [5, 5.41) is 0. The summed E-state index contributed by atoms with van der Waals surface area (Å²) in [6.45, 7) is 12.2. The molecule has 0 bridgehead atoms. The molecule has 0 amide bonds. The smallest absolute Gasteiger partial charge is 0.293 e. The van der Waals surface area contributed by atoms with Gasteiger partial charge in [-0.1, -0.05) is 52.2 Å². The first-order chi connectivity index (χ1) is 13.3. The lowest BCUT2D eigenvalue weighted by Crippen LogP contribution is -2.12. The van der Waals surface area contributed by atoms with Crippen molar-refractivity contribution in [1.29, 1.82) is 0 Å². The van der Waals surface area contributed by atoms with Gasteiger partial charge >= 0.3 is 0 Å². The van der Waals surface area contributed by atoms with Crippen molar-refractivity contribution in [3.63, 3.8) is 0 Å². The summed E-state index contributed by atoms with van der Waals surface area (Å²) in [5.74, 6) is 0. The van der Waals surface area contributed by atoms with Crippen molar-refractivity contribution in [2.75, 3.05) is 0 Å². The highest BCUT2D eigenvalue weighted by Crippen LogP contribution is 2.43. The van der Waals surface area contributed by atoms with E-state index in [1.807, 2.05) is 0 Å². The molecule has 2 rings (SSSR count). The summed E-state index contributed by atoms with van der Waals surface area (Å²) in [7, 11) is 0. The Bertz CT molecular complexity index is 620. The Balaban J connectivity index is 1.75. The highest BCUT2D eigenvalue weighted by Gasteiger charge is 2.44. The minimum Gasteiger partial charge on any atom is -0.461 e. The number of carbonyl (C=O) groups is 1. The fourth-order valence-electron chi connectivity index (χ4n) is 4.34. The third-order valence-electron chi connectivity index (χ3n) is 6.48. The van der Waals surface area contributed by atoms with Crippen LogP contribution in [0.1, 0.15) is 107 Å². The molecule has 0 spiro atoms. The third kappa shape index (κ3) is 7.60. The molecule has 0 unspecified atom stereocenters. The average Bonchev–Trinajstić information content (AvgIpc) is 3.38. The van der Waals surface area contributed by atoms with Crippen molar-refractivity contribution in [2.45, 2.75) is 117 Å². The molecule has 0 aromatic heterocycles. The van der Waals surface area contributed by atoms with E-state index >= 15 is 0 Å². The molecule has 1 saturated carbocycles. The molecule has 2 heteroatoms. The molecule has 0 N–H and O–H groups in total. The van der Waals surface area contributed by atoms with Crippen molar-refractivity contribution >= 4 is 6.47 Å². The topological polar surface area (TPSA) is 26.3 Å². The molecule has 0 heterocycles. The molecular weight excluding hydrogens is 344 g/mol. The van der Waals surface area contributed by atoms with E-state index in [-0.39, 0.29) is 5.60 Å². The van der Waals surface area contributed by atoms with Crippen LogP contribution in [0, 0.1) is 19.3 Å². The Labute approximate surface area is 173 Å². The molecule has 28 heavy (non-hydrogen) atoms. The molecule has 1 aliphatic rings. The predicted octanol–water partition coefficient (Wildman–Crippen LogP) is 7.26. The van der Waals surface area contributed by atoms with Gasteiger partial charge in [-0.05, 0) is 99.3 Å². The SMILES string of the molecule is Cc1ccc(CCCCCCC(C)(C)C)c(C)c1CCCCC1(OC=O)CC1. The van der Waals surface area contributed by atoms with E-state index in [9.17, 15) is 4.79 Å². The number of ether oxygens (including phenoxy) is 1. The Morgan fingerprint density at radius 1 is 0.964 bits per heavy atom. The number of hydrogen-bond donors (Lipinski definition) is 0. The van der Waals surface area contributed by atoms with Gasteiger partial charge in [-0.2, -0.15) is 0 Å². The summed E-state index contributed by atoms with van der Waals surface area (Å²) in [6, 6.07) is 4.66. The summed E-state index contributed by atoms with van der Waals surface area (Å²) in [6.07, 6.45) is 14.5. The van der Waals surface area contributed by atoms with Crippen LogP contribution in [0.5, 0.6) is 0 Å². The maximum Gasteiger partial charge on any atom is 0.293 e. The number of unbranched alkanes of at least 4 members (excludes halogenated alkanes) is 4. The minimum atomic E-state index is -0.0966. The van der Waals surface area contributed by atoms with Gasteiger partial charge < -0.3 is 4.74 Å². The van der Waals surface area contributed by atoms with Crippen molar-refractivity contribution in [3.8, 4) is 0 Å². The van der Waals surface area contributed by atoms with Crippen molar-refractivity contribution in [2.24, 2.45) is 5.41 Å². The zero-order chi connectivity index (χ0) is 20.6. The van der Waals surface area contributed by atoms with Crippen LogP contribution < -0.4 is 0 Å². The summed E-state index contributed by atoms with van der Waals surface area (Å²) < 4.78 is 5.27. The highest BCUT2D eigenvalue weighted by molar-refractivity contribution is 5.40. The maximum absolute atomic E-state index is 10.6. The van der Waals surface area contributed by atoms with Crippen LogP contribution in [0.2, 0.25) is 0 Å². The van der Waals surface area contributed by atoms with E-state index in [0.717, 1.165) is 32.1 Å². The van der Waals surface area contributed by atoms with Gasteiger partial charge in [-0.25, -0.2) is 0 Å². The van der Waals surface area contributed by atoms with E-state index in [0.29, 0.717) is 11.9 Å². The quantitative estimate of drug-likeness (QED) is 0.263. The van der Waals surface area contributed by atoms with Crippen molar-refractivity contribution in [3.05, 3.63) is 34.4 Å². The van der Waals surface area contributed by atoms with Crippen molar-refractivity contribution in [1.82, 2.24) is 0 Å². The molecular formula is C26H42O2. The summed E-state index contributed by atoms with van der Waals surface area (Å²) in [4.78, 5) is 10.6. The van der Waals surface area contributed by atoms with E-state index in [4.69, 9.17) is 4.74 Å². The number of carbonyl (C=O) groups excluding carboxylic acids is 1. The van der Waals surface area contributed by atoms with Gasteiger partial charge in [0, 0.05) is 0 Å². The first-order valence-electron chi connectivity index (χ1n) is 11.5. The maximum atomic E-state index is 10.6. The zero-order valence-corrected chi connectivity index (χ0v) is 19.0. The van der Waals surface area contributed by atoms with E-state index in [1.165, 1.54) is 56.1 Å². The molecule has 0 radical (unpaired) electrons. The molecule has 0 saturated heterocycles. The Morgan fingerprint density at radius 2 is 1.64 bits per heavy atom. The lowest BCUT2D eigenvalue weighted by molar-refractivity contribution is -0.135. The number of rotatable bonds is 13. The lowest BCUT2D eigenvalue weighted by Gasteiger charge is -2.18. The van der Waals surface area contributed by atoms with Crippen LogP contribution in [-0.2, 0) is 22.4 Å². The Kier molecular flexibility index (Phi) is 8.58. The normalized spacial score (nSPS) is 15.5. The van der Waals surface area contributed by atoms with Crippen LogP contribution >= 0.6 is 0 Å². The number of hydrogen-bond acceptors (Lipinski definition) is 2. The zero-order valence-electron chi connectivity index (χ0n) is 19.0. The lowest BCUT2D eigenvalue weighted by atomic mass is 9.88. The van der Waals surface area contributed by atoms with Crippen LogP contribution in [0.4, 0.5) is 0 Å². The van der Waals surface area contributed by atoms with Crippen LogP contribution in [0.15, 0.2) is 12.1 Å². The molecule has 0 atom stereocenters. The molecule has 1 aromatic carbocycles. The molecule has 0 aliphatic heterocycles. The highest BCUT2D eigenvalue weighted by atomic mass is 16.5. The second-order valence-electron chi connectivity index (χ2n) is 10.2. The van der Waals surface area contributed by atoms with Gasteiger partial charge in [0.2, 0.25) is 0 Å². The first kappa shape index (κ1) is 23.0. The standard InChI is InChI=1S/C26H42O2/c1-21-14-15-23(12-8-6-7-10-16-25(3,4)5)22(2)24(21)13-9-11-17-26(18-19-26)28-20-27/h14-15,20H,6-13,16-19H2,1-5H3. The van der Waals surface area contributed by atoms with Crippen LogP contribution in [0.25, 0.3) is 0 Å². The molecule has 2 nitrogen and oxygen atoms in total. The summed E-state index contributed by atoms with van der Waals surface area (Å²) in [5.41, 5.74) is 6.41. The third-order valence-corrected chi connectivity index (χ3v) is 6.48. The molecule has 1 aliphatic carbocycles. The molecule has 158 valence electrons. The largest absolute Gasteiger partial charge is 0.461 e. The fourth-order valence-corrected chi connectivity index (χ4v) is 4.34. The minimum absolute atomic E-state index is 0.0966. The Hall–Kier alpha value is -1.31. The van der Waals surface area contributed by atoms with E-state index in [2.05, 4.69) is 46.8 Å². The Morgan fingerprint density at radius 3 is 2.29 bits per heavy atom. The van der Waals surface area contributed by atoms with Gasteiger partial charge in [0.25, 0.3) is 6.47 Å². The first-order valence-corrected chi connectivity index (χ1v) is 11.5. The second kappa shape index (κ2) is 10.5. The summed E-state index contributed by atoms with van der Waals surface area (Å²) >= 11 is 0. The van der Waals surface area contributed by atoms with Gasteiger partial charge in [0.1, 0.15) is 5.60 Å². The number of aryl methyl sites for hydroxylation is 2. The predicted molar refractivity (Wildman–Crippen MR) is 119 cm³/mol. The van der Waals surface area contributed by atoms with E-state index < -0.39 is 0 Å². The molecule has 1 fully saturated rings. The van der Waals surface area contributed by atoms with Gasteiger partial charge in [-0.15, -0.1) is 0 Å². The fraction of sp³-hybridized carbons (Fsp3) is 0.731. The van der Waals surface area contributed by atoms with Crippen LogP contribution in [-0.4, -0.2) is 12.1 Å². The van der Waals surface area contributed by atoms with Gasteiger partial charge in [0.05, 0.1) is 0 Å². The van der Waals surface area contributed by atoms with Crippen molar-refractivity contribution < 1.29 is 9.53 Å². The second-order valence-corrected chi connectivity index (χ2v) is 10.2. The van der Waals surface area contributed by atoms with Crippen LogP contribution in [0.3, 0.4) is 0 Å². The van der Waals surface area contributed by atoms with E-state index in [1.54, 1.807) is 11.1 Å². The number of benzene rings is 1. The van der Waals surface area contributed by atoms with Gasteiger partial charge in [-0.3, -0.25) is 4.79 Å². The average molecular weight is 387 g/mol. The van der Waals surface area contributed by atoms with Gasteiger partial charge in [0.15, 0.2) is 0 Å².